The summed E-state index contributed by atoms with van der Waals surface area (Å²) in [4.78, 5) is 0. The van der Waals surface area contributed by atoms with Gasteiger partial charge in [-0.2, -0.15) is 0 Å². The van der Waals surface area contributed by atoms with Crippen LogP contribution in [-0.4, -0.2) is 12.2 Å². The molecule has 4 heteroatoms. The first-order valence-electron chi connectivity index (χ1n) is 6.28. The third-order valence-electron chi connectivity index (χ3n) is 3.23. The van der Waals surface area contributed by atoms with Gasteiger partial charge in [0.25, 0.3) is 0 Å². The van der Waals surface area contributed by atoms with Gasteiger partial charge in [-0.15, -0.1) is 0 Å². The van der Waals surface area contributed by atoms with Crippen LogP contribution in [0.15, 0.2) is 36.4 Å². The number of benzene rings is 2. The number of aryl methyl sites for hydroxylation is 1. The third kappa shape index (κ3) is 2.96. The summed E-state index contributed by atoms with van der Waals surface area (Å²) < 4.78 is 32.4. The highest BCUT2D eigenvalue weighted by molar-refractivity contribution is 5.32. The number of aliphatic hydroxyl groups is 1. The van der Waals surface area contributed by atoms with Gasteiger partial charge in [-0.05, 0) is 30.2 Å². The van der Waals surface area contributed by atoms with Crippen LogP contribution in [-0.2, 0) is 6.42 Å². The van der Waals surface area contributed by atoms with Crippen molar-refractivity contribution in [3.8, 4) is 5.75 Å². The number of ether oxygens (including phenoxy) is 1. The Bertz CT molecular complexity index is 611. The molecule has 1 unspecified atom stereocenters. The summed E-state index contributed by atoms with van der Waals surface area (Å²) in [5.41, 5.74) is 0.980. The zero-order valence-corrected chi connectivity index (χ0v) is 11.4. The quantitative estimate of drug-likeness (QED) is 0.926. The van der Waals surface area contributed by atoms with E-state index in [1.165, 1.54) is 19.1 Å². The Morgan fingerprint density at radius 3 is 2.60 bits per heavy atom. The van der Waals surface area contributed by atoms with E-state index in [-0.39, 0.29) is 17.5 Å². The first-order chi connectivity index (χ1) is 9.52. The van der Waals surface area contributed by atoms with Crippen LogP contribution in [0.25, 0.3) is 0 Å². The molecule has 0 aliphatic carbocycles. The molecule has 1 atom stereocenters. The topological polar surface area (TPSA) is 29.5 Å². The summed E-state index contributed by atoms with van der Waals surface area (Å²) >= 11 is 0. The Morgan fingerprint density at radius 1 is 1.15 bits per heavy atom. The van der Waals surface area contributed by atoms with E-state index >= 15 is 0 Å². The first-order valence-corrected chi connectivity index (χ1v) is 6.28. The summed E-state index contributed by atoms with van der Waals surface area (Å²) in [6.45, 7) is 1.48. The van der Waals surface area contributed by atoms with Gasteiger partial charge in [0.2, 0.25) is 0 Å². The first kappa shape index (κ1) is 14.5. The molecule has 0 bridgehead atoms. The zero-order valence-electron chi connectivity index (χ0n) is 11.4. The fourth-order valence-electron chi connectivity index (χ4n) is 2.05. The van der Waals surface area contributed by atoms with Gasteiger partial charge >= 0.3 is 0 Å². The minimum Gasteiger partial charge on any atom is -0.497 e. The van der Waals surface area contributed by atoms with Gasteiger partial charge in [-0.3, -0.25) is 0 Å². The van der Waals surface area contributed by atoms with E-state index in [0.717, 1.165) is 5.56 Å². The van der Waals surface area contributed by atoms with Gasteiger partial charge in [0.05, 0.1) is 13.2 Å². The van der Waals surface area contributed by atoms with E-state index in [1.807, 2.05) is 0 Å². The predicted octanol–water partition coefficient (Wildman–Crippen LogP) is 3.56. The number of aliphatic hydroxyl groups excluding tert-OH is 1. The number of hydrogen-bond acceptors (Lipinski definition) is 2. The van der Waals surface area contributed by atoms with Crippen LogP contribution >= 0.6 is 0 Å². The molecule has 0 aromatic heterocycles. The van der Waals surface area contributed by atoms with Gasteiger partial charge in [0, 0.05) is 12.0 Å². The summed E-state index contributed by atoms with van der Waals surface area (Å²) in [6.07, 6.45) is -0.909. The Kier molecular flexibility index (Phi) is 4.35. The minimum atomic E-state index is -1.10. The van der Waals surface area contributed by atoms with Crippen molar-refractivity contribution >= 4 is 0 Å². The van der Waals surface area contributed by atoms with E-state index in [2.05, 4.69) is 0 Å². The highest BCUT2D eigenvalue weighted by Gasteiger charge is 2.18. The van der Waals surface area contributed by atoms with E-state index in [1.54, 1.807) is 31.4 Å². The van der Waals surface area contributed by atoms with Gasteiger partial charge in [0.15, 0.2) is 11.6 Å². The molecule has 0 heterocycles. The molecule has 2 aromatic carbocycles. The lowest BCUT2D eigenvalue weighted by molar-refractivity contribution is 0.172. The lowest BCUT2D eigenvalue weighted by Crippen LogP contribution is -2.07. The maximum Gasteiger partial charge on any atom is 0.164 e. The maximum absolute atomic E-state index is 13.8. The zero-order chi connectivity index (χ0) is 14.7. The van der Waals surface area contributed by atoms with Crippen LogP contribution in [0, 0.1) is 18.6 Å². The second-order valence-corrected chi connectivity index (χ2v) is 4.67. The van der Waals surface area contributed by atoms with Crippen molar-refractivity contribution in [2.45, 2.75) is 19.4 Å². The Balaban J connectivity index is 2.23. The van der Waals surface area contributed by atoms with Crippen molar-refractivity contribution in [1.29, 1.82) is 0 Å². The molecule has 0 spiro atoms. The van der Waals surface area contributed by atoms with E-state index in [0.29, 0.717) is 5.75 Å². The van der Waals surface area contributed by atoms with Crippen molar-refractivity contribution in [3.63, 3.8) is 0 Å². The lowest BCUT2D eigenvalue weighted by atomic mass is 9.99. The fourth-order valence-corrected chi connectivity index (χ4v) is 2.05. The van der Waals surface area contributed by atoms with Gasteiger partial charge in [-0.1, -0.05) is 24.3 Å². The number of hydrogen-bond donors (Lipinski definition) is 1. The fraction of sp³-hybridized carbons (Fsp3) is 0.250. The van der Waals surface area contributed by atoms with Crippen molar-refractivity contribution in [3.05, 3.63) is 64.7 Å². The Hall–Kier alpha value is -1.94. The average molecular weight is 278 g/mol. The molecule has 20 heavy (non-hydrogen) atoms. The molecule has 0 aliphatic rings. The standard InChI is InChI=1S/C16H16F2O2/c1-10-6-7-13(16(18)15(10)17)14(19)9-11-4-3-5-12(8-11)20-2/h3-8,14,19H,9H2,1-2H3. The SMILES string of the molecule is COc1cccc(CC(O)c2ccc(C)c(F)c2F)c1. The summed E-state index contributed by atoms with van der Waals surface area (Å²) in [5, 5.41) is 10.1. The molecule has 0 saturated carbocycles. The largest absolute Gasteiger partial charge is 0.497 e. The second-order valence-electron chi connectivity index (χ2n) is 4.67. The summed E-state index contributed by atoms with van der Waals surface area (Å²) in [5.74, 6) is -1.24. The van der Waals surface area contributed by atoms with E-state index in [4.69, 9.17) is 4.74 Å². The second kappa shape index (κ2) is 6.01. The van der Waals surface area contributed by atoms with Crippen LogP contribution in [0.3, 0.4) is 0 Å². The highest BCUT2D eigenvalue weighted by atomic mass is 19.2. The molecule has 0 radical (unpaired) electrons. The molecule has 106 valence electrons. The smallest absolute Gasteiger partial charge is 0.164 e. The highest BCUT2D eigenvalue weighted by Crippen LogP contribution is 2.25. The predicted molar refractivity (Wildman–Crippen MR) is 72.8 cm³/mol. The van der Waals surface area contributed by atoms with Crippen LogP contribution < -0.4 is 4.74 Å². The van der Waals surface area contributed by atoms with Crippen molar-refractivity contribution < 1.29 is 18.6 Å². The molecular formula is C16H16F2O2. The Labute approximate surface area is 116 Å². The van der Waals surface area contributed by atoms with Crippen LogP contribution in [0.1, 0.15) is 22.8 Å². The summed E-state index contributed by atoms with van der Waals surface area (Å²) in [6, 6.07) is 10.00. The van der Waals surface area contributed by atoms with Crippen LogP contribution in [0.5, 0.6) is 5.75 Å². The van der Waals surface area contributed by atoms with E-state index in [9.17, 15) is 13.9 Å². The van der Waals surface area contributed by atoms with Crippen LogP contribution in [0.4, 0.5) is 8.78 Å². The maximum atomic E-state index is 13.8. The molecule has 2 rings (SSSR count). The van der Waals surface area contributed by atoms with Gasteiger partial charge < -0.3 is 9.84 Å². The normalized spacial score (nSPS) is 12.2. The lowest BCUT2D eigenvalue weighted by Gasteiger charge is -2.14. The van der Waals surface area contributed by atoms with Gasteiger partial charge in [0.1, 0.15) is 5.75 Å². The van der Waals surface area contributed by atoms with Crippen molar-refractivity contribution in [2.75, 3.05) is 7.11 Å². The molecular weight excluding hydrogens is 262 g/mol. The molecule has 1 N–H and O–H groups in total. The van der Waals surface area contributed by atoms with E-state index < -0.39 is 17.7 Å². The molecule has 0 fully saturated rings. The minimum absolute atomic E-state index is 0.0316. The van der Waals surface area contributed by atoms with Crippen LogP contribution in [0.2, 0.25) is 0 Å². The molecule has 0 amide bonds. The number of halogens is 2. The molecule has 2 aromatic rings. The van der Waals surface area contributed by atoms with Crippen molar-refractivity contribution in [1.82, 2.24) is 0 Å². The summed E-state index contributed by atoms with van der Waals surface area (Å²) in [7, 11) is 1.55. The third-order valence-corrected chi connectivity index (χ3v) is 3.23. The number of rotatable bonds is 4. The number of methoxy groups -OCH3 is 1. The molecule has 0 saturated heterocycles. The molecule has 2 nitrogen and oxygen atoms in total. The average Bonchev–Trinajstić information content (AvgIpc) is 2.45. The van der Waals surface area contributed by atoms with Gasteiger partial charge in [-0.25, -0.2) is 8.78 Å². The monoisotopic (exact) mass is 278 g/mol. The Morgan fingerprint density at radius 2 is 1.90 bits per heavy atom. The van der Waals surface area contributed by atoms with Crippen molar-refractivity contribution in [2.24, 2.45) is 0 Å². The molecule has 0 aliphatic heterocycles.